The van der Waals surface area contributed by atoms with Crippen LogP contribution in [0.25, 0.3) is 10.2 Å². The number of unbranched alkanes of at least 4 members (excludes halogenated alkanes) is 1. The molecule has 22 heavy (non-hydrogen) atoms. The van der Waals surface area contributed by atoms with E-state index in [9.17, 15) is 9.59 Å². The lowest BCUT2D eigenvalue weighted by atomic mass is 10.1. The zero-order chi connectivity index (χ0) is 15.5. The fourth-order valence-electron chi connectivity index (χ4n) is 2.75. The highest BCUT2D eigenvalue weighted by Crippen LogP contribution is 2.17. The van der Waals surface area contributed by atoms with Gasteiger partial charge in [-0.15, -0.1) is 11.3 Å². The first-order valence-corrected chi connectivity index (χ1v) is 8.47. The average molecular weight is 317 g/mol. The van der Waals surface area contributed by atoms with Crippen molar-refractivity contribution >= 4 is 27.5 Å². The molecule has 5 nitrogen and oxygen atoms in total. The molecule has 0 fully saturated rings. The Morgan fingerprint density at radius 3 is 3.18 bits per heavy atom. The van der Waals surface area contributed by atoms with Crippen LogP contribution in [0.2, 0.25) is 0 Å². The number of rotatable bonds is 5. The number of fused-ring (bicyclic) bond motifs is 1. The molecule has 0 aromatic carbocycles. The highest BCUT2D eigenvalue weighted by Gasteiger charge is 2.24. The molecule has 2 aromatic heterocycles. The number of carbonyl (C=O) groups is 1. The Balaban J connectivity index is 1.75. The van der Waals surface area contributed by atoms with Gasteiger partial charge in [-0.3, -0.25) is 14.2 Å². The number of hydrogen-bond acceptors (Lipinski definition) is 4. The van der Waals surface area contributed by atoms with Crippen molar-refractivity contribution in [2.24, 2.45) is 0 Å². The standard InChI is InChI=1S/C16H19N3O2S/c1-2-3-5-12-6-4-8-19(12)14(20)10-18-11-17-13-7-9-22-15(13)16(18)21/h4,6-7,9,11-12H,2-3,5,8,10H2,1H3/t12-/m1/s1. The SMILES string of the molecule is CCCC[C@@H]1C=CCN1C(=O)Cn1cnc2ccsc2c1=O. The Morgan fingerprint density at radius 1 is 1.50 bits per heavy atom. The number of carbonyl (C=O) groups excluding carboxylic acids is 1. The smallest absolute Gasteiger partial charge is 0.271 e. The van der Waals surface area contributed by atoms with Crippen molar-refractivity contribution < 1.29 is 4.79 Å². The third-order valence-electron chi connectivity index (χ3n) is 3.98. The first-order valence-electron chi connectivity index (χ1n) is 7.59. The average Bonchev–Trinajstić information content (AvgIpc) is 3.16. The Hall–Kier alpha value is -1.95. The summed E-state index contributed by atoms with van der Waals surface area (Å²) in [5.41, 5.74) is 0.563. The van der Waals surface area contributed by atoms with Crippen molar-refractivity contribution in [3.8, 4) is 0 Å². The molecule has 3 heterocycles. The second kappa shape index (κ2) is 6.44. The summed E-state index contributed by atoms with van der Waals surface area (Å²) in [4.78, 5) is 30.9. The number of amides is 1. The second-order valence-electron chi connectivity index (χ2n) is 5.50. The second-order valence-corrected chi connectivity index (χ2v) is 6.41. The third-order valence-corrected chi connectivity index (χ3v) is 4.87. The monoisotopic (exact) mass is 317 g/mol. The molecule has 116 valence electrons. The van der Waals surface area contributed by atoms with E-state index in [0.717, 1.165) is 19.3 Å². The summed E-state index contributed by atoms with van der Waals surface area (Å²) in [7, 11) is 0. The summed E-state index contributed by atoms with van der Waals surface area (Å²) in [5, 5.41) is 1.84. The molecule has 1 atom stereocenters. The van der Waals surface area contributed by atoms with Crippen LogP contribution in [0.3, 0.4) is 0 Å². The van der Waals surface area contributed by atoms with Crippen LogP contribution in [-0.4, -0.2) is 32.9 Å². The molecule has 0 saturated heterocycles. The van der Waals surface area contributed by atoms with E-state index >= 15 is 0 Å². The lowest BCUT2D eigenvalue weighted by molar-refractivity contribution is -0.132. The topological polar surface area (TPSA) is 55.2 Å². The molecule has 1 amide bonds. The van der Waals surface area contributed by atoms with E-state index in [1.54, 1.807) is 0 Å². The summed E-state index contributed by atoms with van der Waals surface area (Å²) >= 11 is 1.37. The maximum Gasteiger partial charge on any atom is 0.271 e. The molecule has 0 saturated carbocycles. The van der Waals surface area contributed by atoms with E-state index in [-0.39, 0.29) is 24.1 Å². The molecule has 0 N–H and O–H groups in total. The van der Waals surface area contributed by atoms with Crippen molar-refractivity contribution in [1.29, 1.82) is 0 Å². The Kier molecular flexibility index (Phi) is 4.38. The first kappa shape index (κ1) is 15.0. The maximum absolute atomic E-state index is 12.5. The number of hydrogen-bond donors (Lipinski definition) is 0. The molecule has 0 unspecified atom stereocenters. The number of thiophene rings is 1. The van der Waals surface area contributed by atoms with Gasteiger partial charge < -0.3 is 4.90 Å². The van der Waals surface area contributed by atoms with Gasteiger partial charge in [-0.25, -0.2) is 4.98 Å². The van der Waals surface area contributed by atoms with E-state index in [2.05, 4.69) is 18.0 Å². The van der Waals surface area contributed by atoms with E-state index in [1.165, 1.54) is 22.2 Å². The van der Waals surface area contributed by atoms with Gasteiger partial charge in [0.15, 0.2) is 0 Å². The van der Waals surface area contributed by atoms with Crippen molar-refractivity contribution in [3.63, 3.8) is 0 Å². The fourth-order valence-corrected chi connectivity index (χ4v) is 3.54. The Bertz CT molecular complexity index is 762. The molecule has 0 spiro atoms. The maximum atomic E-state index is 12.5. The predicted octanol–water partition coefficient (Wildman–Crippen LogP) is 2.42. The van der Waals surface area contributed by atoms with Crippen molar-refractivity contribution in [3.05, 3.63) is 40.3 Å². The molecule has 1 aliphatic heterocycles. The molecular weight excluding hydrogens is 298 g/mol. The van der Waals surface area contributed by atoms with E-state index < -0.39 is 0 Å². The summed E-state index contributed by atoms with van der Waals surface area (Å²) in [6.45, 7) is 2.84. The van der Waals surface area contributed by atoms with E-state index in [1.807, 2.05) is 22.4 Å². The van der Waals surface area contributed by atoms with Gasteiger partial charge in [-0.05, 0) is 17.9 Å². The van der Waals surface area contributed by atoms with Crippen LogP contribution in [0, 0.1) is 0 Å². The van der Waals surface area contributed by atoms with E-state index in [0.29, 0.717) is 16.8 Å². The van der Waals surface area contributed by atoms with Gasteiger partial charge in [-0.2, -0.15) is 0 Å². The van der Waals surface area contributed by atoms with Gasteiger partial charge in [0.25, 0.3) is 5.56 Å². The largest absolute Gasteiger partial charge is 0.331 e. The van der Waals surface area contributed by atoms with Crippen molar-refractivity contribution in [1.82, 2.24) is 14.5 Å². The molecule has 0 aliphatic carbocycles. The summed E-state index contributed by atoms with van der Waals surface area (Å²) in [6, 6.07) is 1.99. The summed E-state index contributed by atoms with van der Waals surface area (Å²) < 4.78 is 2.02. The minimum atomic E-state index is -0.134. The molecule has 3 rings (SSSR count). The molecule has 6 heteroatoms. The van der Waals surface area contributed by atoms with Gasteiger partial charge in [0.05, 0.1) is 17.9 Å². The lowest BCUT2D eigenvalue weighted by Gasteiger charge is -2.24. The van der Waals surface area contributed by atoms with Crippen LogP contribution in [0.15, 0.2) is 34.7 Å². The van der Waals surface area contributed by atoms with Crippen molar-refractivity contribution in [2.45, 2.75) is 38.8 Å². The zero-order valence-electron chi connectivity index (χ0n) is 12.6. The van der Waals surface area contributed by atoms with Crippen LogP contribution in [0.1, 0.15) is 26.2 Å². The van der Waals surface area contributed by atoms with Crippen LogP contribution in [-0.2, 0) is 11.3 Å². The predicted molar refractivity (Wildman–Crippen MR) is 88.0 cm³/mol. The number of nitrogens with zero attached hydrogens (tertiary/aromatic N) is 3. The van der Waals surface area contributed by atoms with Crippen LogP contribution in [0.5, 0.6) is 0 Å². The lowest BCUT2D eigenvalue weighted by Crippen LogP contribution is -2.40. The quantitative estimate of drug-likeness (QED) is 0.796. The van der Waals surface area contributed by atoms with Gasteiger partial charge in [0.2, 0.25) is 5.91 Å². The highest BCUT2D eigenvalue weighted by molar-refractivity contribution is 7.17. The van der Waals surface area contributed by atoms with Gasteiger partial charge in [-0.1, -0.05) is 31.9 Å². The Morgan fingerprint density at radius 2 is 2.36 bits per heavy atom. The minimum absolute atomic E-state index is 0.0223. The van der Waals surface area contributed by atoms with Gasteiger partial charge in [0, 0.05) is 6.54 Å². The minimum Gasteiger partial charge on any atom is -0.331 e. The summed E-state index contributed by atoms with van der Waals surface area (Å²) in [6.07, 6.45) is 8.79. The zero-order valence-corrected chi connectivity index (χ0v) is 13.4. The van der Waals surface area contributed by atoms with Gasteiger partial charge >= 0.3 is 0 Å². The fraction of sp³-hybridized carbons (Fsp3) is 0.438. The van der Waals surface area contributed by atoms with Crippen LogP contribution in [0.4, 0.5) is 0 Å². The molecule has 0 radical (unpaired) electrons. The molecular formula is C16H19N3O2S. The summed E-state index contributed by atoms with van der Waals surface area (Å²) in [5.74, 6) is -0.0223. The molecule has 0 bridgehead atoms. The van der Waals surface area contributed by atoms with Crippen molar-refractivity contribution in [2.75, 3.05) is 6.54 Å². The first-order chi connectivity index (χ1) is 10.7. The van der Waals surface area contributed by atoms with Gasteiger partial charge in [0.1, 0.15) is 11.2 Å². The van der Waals surface area contributed by atoms with Crippen LogP contribution >= 0.6 is 11.3 Å². The molecule has 2 aromatic rings. The van der Waals surface area contributed by atoms with Crippen LogP contribution < -0.4 is 5.56 Å². The normalized spacial score (nSPS) is 17.5. The Labute approximate surface area is 132 Å². The van der Waals surface area contributed by atoms with E-state index in [4.69, 9.17) is 0 Å². The highest BCUT2D eigenvalue weighted by atomic mass is 32.1. The molecule has 1 aliphatic rings. The number of aromatic nitrogens is 2. The third kappa shape index (κ3) is 2.83.